The van der Waals surface area contributed by atoms with E-state index in [0.29, 0.717) is 40.7 Å². The van der Waals surface area contributed by atoms with Crippen LogP contribution in [0, 0.1) is 0 Å². The van der Waals surface area contributed by atoms with Crippen LogP contribution in [0.4, 0.5) is 5.69 Å². The quantitative estimate of drug-likeness (QED) is 0.310. The van der Waals surface area contributed by atoms with Crippen LogP contribution in [0.3, 0.4) is 0 Å². The second-order valence-electron chi connectivity index (χ2n) is 9.29. The SMILES string of the molecule is O=C(NCCC1=CCCCC1)c1cc(S(=O)(=O)N2CCc3ccccc32)ccc1Sc1cccc(Cl)c1. The van der Waals surface area contributed by atoms with E-state index in [4.69, 9.17) is 11.6 Å². The third-order valence-electron chi connectivity index (χ3n) is 6.77. The van der Waals surface area contributed by atoms with E-state index in [0.717, 1.165) is 29.7 Å². The number of rotatable bonds is 8. The van der Waals surface area contributed by atoms with Gasteiger partial charge in [0, 0.05) is 27.9 Å². The van der Waals surface area contributed by atoms with E-state index in [1.807, 2.05) is 42.5 Å². The molecule has 3 aromatic carbocycles. The first-order valence-electron chi connectivity index (χ1n) is 12.6. The summed E-state index contributed by atoms with van der Waals surface area (Å²) in [5, 5.41) is 3.62. The van der Waals surface area contributed by atoms with Gasteiger partial charge in [0.15, 0.2) is 0 Å². The van der Waals surface area contributed by atoms with Crippen molar-refractivity contribution in [3.05, 3.63) is 94.5 Å². The van der Waals surface area contributed by atoms with Gasteiger partial charge >= 0.3 is 0 Å². The van der Waals surface area contributed by atoms with Gasteiger partial charge in [-0.2, -0.15) is 0 Å². The van der Waals surface area contributed by atoms with Crippen LogP contribution in [0.1, 0.15) is 48.0 Å². The molecule has 192 valence electrons. The van der Waals surface area contributed by atoms with Crippen molar-refractivity contribution >= 4 is 45.0 Å². The molecule has 1 aliphatic heterocycles. The molecule has 5 rings (SSSR count). The molecule has 1 N–H and O–H groups in total. The van der Waals surface area contributed by atoms with Gasteiger partial charge in [0.2, 0.25) is 0 Å². The number of sulfonamides is 1. The van der Waals surface area contributed by atoms with Gasteiger partial charge in [0.05, 0.1) is 16.1 Å². The maximum absolute atomic E-state index is 13.7. The van der Waals surface area contributed by atoms with E-state index >= 15 is 0 Å². The van der Waals surface area contributed by atoms with Crippen LogP contribution in [0.15, 0.2) is 93.1 Å². The largest absolute Gasteiger partial charge is 0.352 e. The Bertz CT molecular complexity index is 1450. The summed E-state index contributed by atoms with van der Waals surface area (Å²) < 4.78 is 28.8. The number of para-hydroxylation sites is 1. The lowest BCUT2D eigenvalue weighted by atomic mass is 9.97. The number of amides is 1. The van der Waals surface area contributed by atoms with Gasteiger partial charge in [-0.1, -0.05) is 59.3 Å². The van der Waals surface area contributed by atoms with E-state index in [9.17, 15) is 13.2 Å². The highest BCUT2D eigenvalue weighted by Crippen LogP contribution is 2.36. The maximum atomic E-state index is 13.7. The number of nitrogens with zero attached hydrogens (tertiary/aromatic N) is 1. The summed E-state index contributed by atoms with van der Waals surface area (Å²) in [5.41, 5.74) is 3.43. The Hall–Kier alpha value is -2.74. The van der Waals surface area contributed by atoms with Crippen LogP contribution in [-0.4, -0.2) is 27.4 Å². The number of carbonyl (C=O) groups excluding carboxylic acids is 1. The lowest BCUT2D eigenvalue weighted by Crippen LogP contribution is -2.30. The number of nitrogens with one attached hydrogen (secondary N) is 1. The minimum atomic E-state index is -3.83. The topological polar surface area (TPSA) is 66.5 Å². The second-order valence-corrected chi connectivity index (χ2v) is 12.7. The van der Waals surface area contributed by atoms with Crippen molar-refractivity contribution in [3.63, 3.8) is 0 Å². The first-order chi connectivity index (χ1) is 17.9. The fourth-order valence-electron chi connectivity index (χ4n) is 4.84. The van der Waals surface area contributed by atoms with Crippen molar-refractivity contribution in [1.29, 1.82) is 0 Å². The number of benzene rings is 3. The van der Waals surface area contributed by atoms with Gasteiger partial charge in [0.1, 0.15) is 0 Å². The number of fused-ring (bicyclic) bond motifs is 1. The molecule has 37 heavy (non-hydrogen) atoms. The molecule has 0 saturated heterocycles. The molecule has 0 atom stereocenters. The lowest BCUT2D eigenvalue weighted by molar-refractivity contribution is 0.0951. The molecule has 0 bridgehead atoms. The molecule has 5 nitrogen and oxygen atoms in total. The van der Waals surface area contributed by atoms with Crippen LogP contribution < -0.4 is 9.62 Å². The van der Waals surface area contributed by atoms with Gasteiger partial charge in [-0.05, 0) is 86.6 Å². The number of hydrogen-bond donors (Lipinski definition) is 1. The first kappa shape index (κ1) is 25.9. The van der Waals surface area contributed by atoms with E-state index in [2.05, 4.69) is 11.4 Å². The van der Waals surface area contributed by atoms with Gasteiger partial charge in [-0.25, -0.2) is 8.42 Å². The third kappa shape index (κ3) is 5.89. The van der Waals surface area contributed by atoms with Crippen LogP contribution in [-0.2, 0) is 16.4 Å². The molecule has 1 amide bonds. The average molecular weight is 553 g/mol. The molecular formula is C29H29ClN2O3S2. The Labute approximate surface area is 228 Å². The molecule has 1 aliphatic carbocycles. The third-order valence-corrected chi connectivity index (χ3v) is 9.88. The summed E-state index contributed by atoms with van der Waals surface area (Å²) in [6.07, 6.45) is 8.35. The van der Waals surface area contributed by atoms with Crippen molar-refractivity contribution in [2.75, 3.05) is 17.4 Å². The molecule has 0 unspecified atom stereocenters. The summed E-state index contributed by atoms with van der Waals surface area (Å²) in [6, 6.07) is 19.8. The van der Waals surface area contributed by atoms with Gasteiger partial charge < -0.3 is 5.32 Å². The number of allylic oxidation sites excluding steroid dienone is 1. The molecule has 0 saturated carbocycles. The molecule has 0 fully saturated rings. The number of anilines is 1. The molecule has 0 radical (unpaired) electrons. The Morgan fingerprint density at radius 2 is 1.86 bits per heavy atom. The minimum absolute atomic E-state index is 0.111. The Balaban J connectivity index is 1.44. The van der Waals surface area contributed by atoms with Crippen molar-refractivity contribution in [1.82, 2.24) is 5.32 Å². The fourth-order valence-corrected chi connectivity index (χ4v) is 7.61. The summed E-state index contributed by atoms with van der Waals surface area (Å²) in [7, 11) is -3.83. The van der Waals surface area contributed by atoms with E-state index in [1.165, 1.54) is 40.5 Å². The molecular weight excluding hydrogens is 524 g/mol. The normalized spacial score (nSPS) is 15.3. The molecule has 3 aromatic rings. The van der Waals surface area contributed by atoms with Crippen LogP contribution in [0.5, 0.6) is 0 Å². The van der Waals surface area contributed by atoms with Crippen molar-refractivity contribution < 1.29 is 13.2 Å². The second kappa shape index (κ2) is 11.3. The first-order valence-corrected chi connectivity index (χ1v) is 15.2. The van der Waals surface area contributed by atoms with Gasteiger partial charge in [-0.3, -0.25) is 9.10 Å². The molecule has 8 heteroatoms. The van der Waals surface area contributed by atoms with Crippen molar-refractivity contribution in [2.45, 2.75) is 53.2 Å². The van der Waals surface area contributed by atoms with Gasteiger partial charge in [-0.15, -0.1) is 0 Å². The predicted molar refractivity (Wildman–Crippen MR) is 150 cm³/mol. The van der Waals surface area contributed by atoms with Crippen LogP contribution in [0.25, 0.3) is 0 Å². The zero-order valence-electron chi connectivity index (χ0n) is 20.5. The highest BCUT2D eigenvalue weighted by molar-refractivity contribution is 7.99. The van der Waals surface area contributed by atoms with E-state index in [-0.39, 0.29) is 10.8 Å². The Kier molecular flexibility index (Phi) is 7.93. The zero-order valence-corrected chi connectivity index (χ0v) is 22.8. The molecule has 2 aliphatic rings. The fraction of sp³-hybridized carbons (Fsp3) is 0.276. The van der Waals surface area contributed by atoms with Crippen molar-refractivity contribution in [2.24, 2.45) is 0 Å². The number of carbonyl (C=O) groups is 1. The number of hydrogen-bond acceptors (Lipinski definition) is 4. The van der Waals surface area contributed by atoms with Crippen LogP contribution in [0.2, 0.25) is 5.02 Å². The minimum Gasteiger partial charge on any atom is -0.352 e. The predicted octanol–water partition coefficient (Wildman–Crippen LogP) is 6.86. The Morgan fingerprint density at radius 1 is 1.00 bits per heavy atom. The van der Waals surface area contributed by atoms with Gasteiger partial charge in [0.25, 0.3) is 15.9 Å². The standard InChI is InChI=1S/C29H29ClN2O3S2/c30-23-10-6-11-24(19-23)36-28-14-13-25(37(34,35)32-18-16-22-9-4-5-12-27(22)32)20-26(28)29(33)31-17-15-21-7-2-1-3-8-21/h4-7,9-14,19-20H,1-3,8,15-18H2,(H,31,33). The summed E-state index contributed by atoms with van der Waals surface area (Å²) >= 11 is 7.57. The molecule has 0 spiro atoms. The zero-order chi connectivity index (χ0) is 25.8. The maximum Gasteiger partial charge on any atom is 0.264 e. The lowest BCUT2D eigenvalue weighted by Gasteiger charge is -2.20. The number of halogens is 1. The summed E-state index contributed by atoms with van der Waals surface area (Å²) in [5.74, 6) is -0.278. The van der Waals surface area contributed by atoms with Crippen molar-refractivity contribution in [3.8, 4) is 0 Å². The summed E-state index contributed by atoms with van der Waals surface area (Å²) in [4.78, 5) is 15.0. The molecule has 0 aromatic heterocycles. The smallest absolute Gasteiger partial charge is 0.264 e. The van der Waals surface area contributed by atoms with E-state index < -0.39 is 10.0 Å². The summed E-state index contributed by atoms with van der Waals surface area (Å²) in [6.45, 7) is 0.903. The highest BCUT2D eigenvalue weighted by Gasteiger charge is 2.31. The monoisotopic (exact) mass is 552 g/mol. The van der Waals surface area contributed by atoms with Crippen LogP contribution >= 0.6 is 23.4 Å². The molecule has 1 heterocycles. The van der Waals surface area contributed by atoms with E-state index in [1.54, 1.807) is 18.2 Å². The highest BCUT2D eigenvalue weighted by atomic mass is 35.5. The average Bonchev–Trinajstić information content (AvgIpc) is 3.35. The Morgan fingerprint density at radius 3 is 2.68 bits per heavy atom.